The number of hydrogen-bond donors (Lipinski definition) is 3. The number of carbonyl (C=O) groups excluding carboxylic acids is 1. The minimum Gasteiger partial charge on any atom is -0.497 e. The van der Waals surface area contributed by atoms with Crippen LogP contribution in [0.5, 0.6) is 11.5 Å². The number of β-amino-alcohol motifs (C(OH)–C–C–N with tert-alkyl or cyclic N) is 1. The zero-order valence-corrected chi connectivity index (χ0v) is 20.0. The summed E-state index contributed by atoms with van der Waals surface area (Å²) in [5, 5.41) is 19.5. The second-order valence-corrected chi connectivity index (χ2v) is 11.2. The Labute approximate surface area is 197 Å². The topological polar surface area (TPSA) is 163 Å². The number of aliphatic hydroxyl groups excluding tert-OH is 1. The SMILES string of the molecule is COc1ccc(S(=O)(=O)N2CC(O)CN(S(=O)(=O)c3ccc(OC)cc3)C2CC(=O)NO)cc1. The molecule has 0 spiro atoms. The molecule has 0 radical (unpaired) electrons. The lowest BCUT2D eigenvalue weighted by Crippen LogP contribution is -2.62. The lowest BCUT2D eigenvalue weighted by molar-refractivity contribution is -0.131. The Morgan fingerprint density at radius 3 is 1.59 bits per heavy atom. The number of amides is 1. The number of sulfonamides is 2. The second-order valence-electron chi connectivity index (χ2n) is 7.37. The van der Waals surface area contributed by atoms with Crippen molar-refractivity contribution in [2.45, 2.75) is 28.5 Å². The van der Waals surface area contributed by atoms with Crippen LogP contribution < -0.4 is 15.0 Å². The van der Waals surface area contributed by atoms with Crippen LogP contribution in [0.2, 0.25) is 0 Å². The van der Waals surface area contributed by atoms with Crippen LogP contribution in [-0.2, 0) is 24.8 Å². The molecule has 1 saturated heterocycles. The van der Waals surface area contributed by atoms with Gasteiger partial charge in [0.2, 0.25) is 26.0 Å². The summed E-state index contributed by atoms with van der Waals surface area (Å²) in [6.07, 6.45) is -3.65. The van der Waals surface area contributed by atoms with Crippen LogP contribution in [0.25, 0.3) is 0 Å². The first-order valence-electron chi connectivity index (χ1n) is 9.97. The van der Waals surface area contributed by atoms with E-state index in [0.717, 1.165) is 8.61 Å². The van der Waals surface area contributed by atoms with Gasteiger partial charge in [0.05, 0.1) is 36.5 Å². The van der Waals surface area contributed by atoms with Gasteiger partial charge in [0, 0.05) is 13.1 Å². The number of carbonyl (C=O) groups is 1. The molecule has 2 aromatic rings. The summed E-state index contributed by atoms with van der Waals surface area (Å²) in [4.78, 5) is 11.7. The maximum absolute atomic E-state index is 13.4. The van der Waals surface area contributed by atoms with Crippen LogP contribution in [0.15, 0.2) is 58.3 Å². The predicted molar refractivity (Wildman–Crippen MR) is 118 cm³/mol. The number of methoxy groups -OCH3 is 2. The highest BCUT2D eigenvalue weighted by molar-refractivity contribution is 7.90. The third-order valence-corrected chi connectivity index (χ3v) is 9.03. The first-order valence-corrected chi connectivity index (χ1v) is 12.9. The van der Waals surface area contributed by atoms with Crippen molar-refractivity contribution in [2.75, 3.05) is 27.3 Å². The predicted octanol–water partition coefficient (Wildman–Crippen LogP) is -0.0185. The summed E-state index contributed by atoms with van der Waals surface area (Å²) in [6, 6.07) is 10.7. The minimum atomic E-state index is -4.38. The number of nitrogens with zero attached hydrogens (tertiary/aromatic N) is 2. The Kier molecular flexibility index (Phi) is 7.80. The van der Waals surface area contributed by atoms with Crippen LogP contribution in [0, 0.1) is 0 Å². The van der Waals surface area contributed by atoms with E-state index in [-0.39, 0.29) is 9.79 Å². The number of ether oxygens (including phenoxy) is 2. The van der Waals surface area contributed by atoms with E-state index in [2.05, 4.69) is 0 Å². The molecule has 1 fully saturated rings. The zero-order chi connectivity index (χ0) is 25.1. The van der Waals surface area contributed by atoms with Crippen LogP contribution >= 0.6 is 0 Å². The molecule has 2 aromatic carbocycles. The Morgan fingerprint density at radius 1 is 0.882 bits per heavy atom. The average molecular weight is 516 g/mol. The third kappa shape index (κ3) is 5.16. The quantitative estimate of drug-likeness (QED) is 0.324. The first kappa shape index (κ1) is 25.9. The molecule has 0 aliphatic carbocycles. The number of hydroxylamine groups is 1. The molecular formula is C20H25N3O9S2. The van der Waals surface area contributed by atoms with Crippen LogP contribution in [0.1, 0.15) is 6.42 Å². The largest absolute Gasteiger partial charge is 0.497 e. The molecule has 1 heterocycles. The summed E-state index contributed by atoms with van der Waals surface area (Å²) in [5.41, 5.74) is 1.40. The Hall–Kier alpha value is -2.75. The van der Waals surface area contributed by atoms with Gasteiger partial charge in [0.1, 0.15) is 17.7 Å². The van der Waals surface area contributed by atoms with Gasteiger partial charge < -0.3 is 14.6 Å². The van der Waals surface area contributed by atoms with E-state index < -0.39 is 57.7 Å². The van der Waals surface area contributed by atoms with Crippen molar-refractivity contribution in [3.05, 3.63) is 48.5 Å². The van der Waals surface area contributed by atoms with Crippen molar-refractivity contribution in [1.82, 2.24) is 14.1 Å². The minimum absolute atomic E-state index is 0.196. The molecule has 0 unspecified atom stereocenters. The normalized spacial score (nSPS) is 20.0. The molecule has 1 aliphatic rings. The first-order chi connectivity index (χ1) is 16.0. The van der Waals surface area contributed by atoms with Gasteiger partial charge in [-0.15, -0.1) is 0 Å². The molecule has 186 valence electrons. The van der Waals surface area contributed by atoms with E-state index in [0.29, 0.717) is 11.5 Å². The molecular weight excluding hydrogens is 490 g/mol. The molecule has 1 amide bonds. The van der Waals surface area contributed by atoms with Crippen molar-refractivity contribution >= 4 is 26.0 Å². The third-order valence-electron chi connectivity index (χ3n) is 5.27. The molecule has 3 N–H and O–H groups in total. The van der Waals surface area contributed by atoms with Gasteiger partial charge in [-0.1, -0.05) is 0 Å². The fourth-order valence-corrected chi connectivity index (χ4v) is 6.87. The van der Waals surface area contributed by atoms with E-state index in [1.54, 1.807) is 0 Å². The number of hydrogen-bond acceptors (Lipinski definition) is 9. The molecule has 1 aliphatic heterocycles. The molecule has 14 heteroatoms. The monoisotopic (exact) mass is 515 g/mol. The molecule has 0 bridgehead atoms. The molecule has 12 nitrogen and oxygen atoms in total. The summed E-state index contributed by atoms with van der Waals surface area (Å²) in [5.74, 6) is -0.207. The number of rotatable bonds is 8. The lowest BCUT2D eigenvalue weighted by Gasteiger charge is -2.43. The highest BCUT2D eigenvalue weighted by Gasteiger charge is 2.46. The maximum atomic E-state index is 13.4. The van der Waals surface area contributed by atoms with Crippen LogP contribution in [-0.4, -0.2) is 81.2 Å². The van der Waals surface area contributed by atoms with E-state index in [1.165, 1.54) is 68.2 Å². The summed E-state index contributed by atoms with van der Waals surface area (Å²) in [6.45, 7) is -0.932. The summed E-state index contributed by atoms with van der Waals surface area (Å²) >= 11 is 0. The second kappa shape index (κ2) is 10.2. The van der Waals surface area contributed by atoms with E-state index in [9.17, 15) is 26.7 Å². The standard InChI is InChI=1S/C20H25N3O9S2/c1-31-15-3-7-17(8-4-15)33(27,28)22-12-14(24)13-23(20(22)11-19(25)21-26)34(29,30)18-9-5-16(32-2)6-10-18/h3-10,14,20,24,26H,11-13H2,1-2H3,(H,21,25). The van der Waals surface area contributed by atoms with Gasteiger partial charge in [-0.05, 0) is 48.5 Å². The van der Waals surface area contributed by atoms with E-state index >= 15 is 0 Å². The lowest BCUT2D eigenvalue weighted by atomic mass is 10.2. The van der Waals surface area contributed by atoms with E-state index in [4.69, 9.17) is 14.7 Å². The van der Waals surface area contributed by atoms with Gasteiger partial charge in [0.25, 0.3) is 0 Å². The van der Waals surface area contributed by atoms with Crippen molar-refractivity contribution in [2.24, 2.45) is 0 Å². The van der Waals surface area contributed by atoms with Crippen molar-refractivity contribution < 1.29 is 41.4 Å². The number of nitrogens with one attached hydrogen (secondary N) is 1. The number of aliphatic hydroxyl groups is 1. The number of benzene rings is 2. The molecule has 0 atom stereocenters. The Morgan fingerprint density at radius 2 is 1.26 bits per heavy atom. The van der Waals surface area contributed by atoms with Gasteiger partial charge in [-0.3, -0.25) is 10.0 Å². The fourth-order valence-electron chi connectivity index (χ4n) is 3.56. The van der Waals surface area contributed by atoms with E-state index in [1.807, 2.05) is 0 Å². The highest BCUT2D eigenvalue weighted by Crippen LogP contribution is 2.31. The summed E-state index contributed by atoms with van der Waals surface area (Å²) in [7, 11) is -5.93. The fraction of sp³-hybridized carbons (Fsp3) is 0.350. The van der Waals surface area contributed by atoms with Gasteiger partial charge in [-0.2, -0.15) is 8.61 Å². The Balaban J connectivity index is 2.08. The maximum Gasteiger partial charge on any atom is 0.246 e. The smallest absolute Gasteiger partial charge is 0.246 e. The van der Waals surface area contributed by atoms with Crippen molar-refractivity contribution in [3.63, 3.8) is 0 Å². The zero-order valence-electron chi connectivity index (χ0n) is 18.4. The molecule has 0 aromatic heterocycles. The van der Waals surface area contributed by atoms with Crippen LogP contribution in [0.4, 0.5) is 0 Å². The highest BCUT2D eigenvalue weighted by atomic mass is 32.2. The molecule has 0 saturated carbocycles. The molecule has 34 heavy (non-hydrogen) atoms. The van der Waals surface area contributed by atoms with Gasteiger partial charge in [-0.25, -0.2) is 22.3 Å². The van der Waals surface area contributed by atoms with Gasteiger partial charge in [0.15, 0.2) is 0 Å². The van der Waals surface area contributed by atoms with Gasteiger partial charge >= 0.3 is 0 Å². The Bertz CT molecular complexity index is 1130. The van der Waals surface area contributed by atoms with Crippen molar-refractivity contribution in [1.29, 1.82) is 0 Å². The molecule has 3 rings (SSSR count). The average Bonchev–Trinajstić information content (AvgIpc) is 2.84. The van der Waals surface area contributed by atoms with Crippen LogP contribution in [0.3, 0.4) is 0 Å². The van der Waals surface area contributed by atoms with Crippen molar-refractivity contribution in [3.8, 4) is 11.5 Å². The summed E-state index contributed by atoms with van der Waals surface area (Å²) < 4.78 is 65.3.